The van der Waals surface area contributed by atoms with Crippen molar-refractivity contribution < 1.29 is 9.18 Å². The fourth-order valence-electron chi connectivity index (χ4n) is 4.70. The number of anilines is 2. The van der Waals surface area contributed by atoms with Crippen LogP contribution in [0.3, 0.4) is 0 Å². The maximum Gasteiger partial charge on any atom is 0.223 e. The standard InChI is InChI=1S/C28H26FN5OS/c29-21-7-5-18(6-8-21)25-26(23-11-14-30-28(32-23)31-22-9-10-22)36-27(33-25)19-12-15-34(16-13-19)24-4-2-1-3-20(24)17-35/h1-8,11,14,17,19,22H,9-10,12-13,15-16H2,(H,30,31,32). The van der Waals surface area contributed by atoms with E-state index in [4.69, 9.17) is 9.97 Å². The summed E-state index contributed by atoms with van der Waals surface area (Å²) >= 11 is 1.67. The number of nitrogens with zero attached hydrogens (tertiary/aromatic N) is 4. The van der Waals surface area contributed by atoms with E-state index < -0.39 is 0 Å². The van der Waals surface area contributed by atoms with E-state index >= 15 is 0 Å². The van der Waals surface area contributed by atoms with Gasteiger partial charge in [-0.25, -0.2) is 19.3 Å². The van der Waals surface area contributed by atoms with Crippen LogP contribution < -0.4 is 10.2 Å². The van der Waals surface area contributed by atoms with Crippen LogP contribution in [0.15, 0.2) is 60.8 Å². The van der Waals surface area contributed by atoms with Crippen molar-refractivity contribution in [3.05, 3.63) is 77.2 Å². The largest absolute Gasteiger partial charge is 0.371 e. The Hall–Kier alpha value is -3.65. The number of halogens is 1. The summed E-state index contributed by atoms with van der Waals surface area (Å²) in [5, 5.41) is 4.45. The number of aromatic nitrogens is 3. The van der Waals surface area contributed by atoms with E-state index in [-0.39, 0.29) is 5.82 Å². The van der Waals surface area contributed by atoms with Gasteiger partial charge in [0.25, 0.3) is 0 Å². The number of piperidine rings is 1. The van der Waals surface area contributed by atoms with E-state index in [2.05, 4.69) is 15.2 Å². The third-order valence-electron chi connectivity index (χ3n) is 6.81. The van der Waals surface area contributed by atoms with Crippen LogP contribution in [0.4, 0.5) is 16.0 Å². The van der Waals surface area contributed by atoms with E-state index in [1.165, 1.54) is 12.1 Å². The molecule has 8 heteroatoms. The number of rotatable bonds is 7. The normalized spacial score (nSPS) is 16.2. The Balaban J connectivity index is 1.30. The van der Waals surface area contributed by atoms with Crippen molar-refractivity contribution >= 4 is 29.3 Å². The zero-order valence-electron chi connectivity index (χ0n) is 19.7. The molecule has 2 aromatic heterocycles. The van der Waals surface area contributed by atoms with Gasteiger partial charge in [0.2, 0.25) is 5.95 Å². The molecule has 0 bridgehead atoms. The smallest absolute Gasteiger partial charge is 0.223 e. The van der Waals surface area contributed by atoms with E-state index in [9.17, 15) is 9.18 Å². The average molecular weight is 500 g/mol. The number of carbonyl (C=O) groups excluding carboxylic acids is 1. The summed E-state index contributed by atoms with van der Waals surface area (Å²) in [6, 6.07) is 16.6. The molecule has 1 saturated carbocycles. The Bertz CT molecular complexity index is 1380. The number of thiazole rings is 1. The minimum Gasteiger partial charge on any atom is -0.371 e. The lowest BCUT2D eigenvalue weighted by Gasteiger charge is -2.33. The lowest BCUT2D eigenvalue weighted by atomic mass is 9.96. The molecule has 2 fully saturated rings. The molecule has 4 aromatic rings. The molecule has 2 aromatic carbocycles. The molecule has 6 rings (SSSR count). The first-order valence-corrected chi connectivity index (χ1v) is 13.2. The summed E-state index contributed by atoms with van der Waals surface area (Å²) in [5.41, 5.74) is 4.26. The second kappa shape index (κ2) is 9.78. The van der Waals surface area contributed by atoms with Crippen molar-refractivity contribution in [2.24, 2.45) is 0 Å². The highest BCUT2D eigenvalue weighted by Gasteiger charge is 2.27. The van der Waals surface area contributed by atoms with Gasteiger partial charge in [0.15, 0.2) is 6.29 Å². The van der Waals surface area contributed by atoms with Crippen molar-refractivity contribution in [3.8, 4) is 21.8 Å². The van der Waals surface area contributed by atoms with Crippen LogP contribution in [0.5, 0.6) is 0 Å². The van der Waals surface area contributed by atoms with Gasteiger partial charge in [-0.3, -0.25) is 4.79 Å². The molecule has 6 nitrogen and oxygen atoms in total. The predicted molar refractivity (Wildman–Crippen MR) is 141 cm³/mol. The zero-order valence-corrected chi connectivity index (χ0v) is 20.5. The molecule has 36 heavy (non-hydrogen) atoms. The van der Waals surface area contributed by atoms with Crippen LogP contribution in [0.25, 0.3) is 21.8 Å². The monoisotopic (exact) mass is 499 g/mol. The van der Waals surface area contributed by atoms with E-state index in [1.807, 2.05) is 30.3 Å². The third-order valence-corrected chi connectivity index (χ3v) is 8.05. The van der Waals surface area contributed by atoms with Crippen LogP contribution in [0.2, 0.25) is 0 Å². The Kier molecular flexibility index (Phi) is 6.19. The van der Waals surface area contributed by atoms with Gasteiger partial charge < -0.3 is 10.2 Å². The van der Waals surface area contributed by atoms with Crippen LogP contribution in [0, 0.1) is 5.82 Å². The SMILES string of the molecule is O=Cc1ccccc1N1CCC(c2nc(-c3ccc(F)cc3)c(-c3ccnc(NC4CC4)n3)s2)CC1. The summed E-state index contributed by atoms with van der Waals surface area (Å²) < 4.78 is 13.7. The van der Waals surface area contributed by atoms with Crippen LogP contribution >= 0.6 is 11.3 Å². The van der Waals surface area contributed by atoms with E-state index in [1.54, 1.807) is 29.7 Å². The first kappa shape index (κ1) is 22.8. The zero-order chi connectivity index (χ0) is 24.5. The highest BCUT2D eigenvalue weighted by Crippen LogP contribution is 2.42. The molecule has 3 heterocycles. The number of benzene rings is 2. The number of hydrogen-bond donors (Lipinski definition) is 1. The Labute approximate surface area is 213 Å². The van der Waals surface area contributed by atoms with E-state index in [0.717, 1.165) is 83.1 Å². The fraction of sp³-hybridized carbons (Fsp3) is 0.286. The molecule has 0 amide bonds. The average Bonchev–Trinajstić information content (AvgIpc) is 3.63. The summed E-state index contributed by atoms with van der Waals surface area (Å²) in [7, 11) is 0. The van der Waals surface area contributed by atoms with Gasteiger partial charge in [0.05, 0.1) is 21.3 Å². The molecule has 1 saturated heterocycles. The van der Waals surface area contributed by atoms with Gasteiger partial charge in [-0.05, 0) is 68.1 Å². The number of aldehydes is 1. The van der Waals surface area contributed by atoms with Gasteiger partial charge in [-0.15, -0.1) is 11.3 Å². The number of nitrogens with one attached hydrogen (secondary N) is 1. The summed E-state index contributed by atoms with van der Waals surface area (Å²) in [6.07, 6.45) is 6.90. The van der Waals surface area contributed by atoms with Gasteiger partial charge in [0, 0.05) is 48.1 Å². The summed E-state index contributed by atoms with van der Waals surface area (Å²) in [5.74, 6) is 0.683. The van der Waals surface area contributed by atoms with Crippen molar-refractivity contribution in [1.29, 1.82) is 0 Å². The number of hydrogen-bond acceptors (Lipinski definition) is 7. The topological polar surface area (TPSA) is 71.0 Å². The van der Waals surface area contributed by atoms with Crippen molar-refractivity contribution in [3.63, 3.8) is 0 Å². The maximum atomic E-state index is 13.7. The molecule has 0 spiro atoms. The molecular weight excluding hydrogens is 473 g/mol. The molecule has 1 aliphatic carbocycles. The molecule has 1 N–H and O–H groups in total. The summed E-state index contributed by atoms with van der Waals surface area (Å²) in [4.78, 5) is 29.0. The molecular formula is C28H26FN5OS. The minimum absolute atomic E-state index is 0.267. The maximum absolute atomic E-state index is 13.7. The number of carbonyl (C=O) groups is 1. The molecule has 182 valence electrons. The Morgan fingerprint density at radius 3 is 2.50 bits per heavy atom. The predicted octanol–water partition coefficient (Wildman–Crippen LogP) is 6.18. The fourth-order valence-corrected chi connectivity index (χ4v) is 5.92. The van der Waals surface area contributed by atoms with Crippen LogP contribution in [-0.4, -0.2) is 40.4 Å². The minimum atomic E-state index is -0.267. The summed E-state index contributed by atoms with van der Waals surface area (Å²) in [6.45, 7) is 1.72. The molecule has 0 atom stereocenters. The molecule has 0 radical (unpaired) electrons. The lowest BCUT2D eigenvalue weighted by Crippen LogP contribution is -2.33. The van der Waals surface area contributed by atoms with Crippen molar-refractivity contribution in [1.82, 2.24) is 15.0 Å². The third kappa shape index (κ3) is 4.73. The number of para-hydroxylation sites is 1. The molecule has 1 aliphatic heterocycles. The van der Waals surface area contributed by atoms with Crippen molar-refractivity contribution in [2.45, 2.75) is 37.6 Å². The van der Waals surface area contributed by atoms with Crippen LogP contribution in [-0.2, 0) is 0 Å². The van der Waals surface area contributed by atoms with Crippen molar-refractivity contribution in [2.75, 3.05) is 23.3 Å². The molecule has 2 aliphatic rings. The van der Waals surface area contributed by atoms with E-state index in [0.29, 0.717) is 17.9 Å². The van der Waals surface area contributed by atoms with Gasteiger partial charge in [0.1, 0.15) is 5.82 Å². The highest BCUT2D eigenvalue weighted by molar-refractivity contribution is 7.15. The first-order valence-electron chi connectivity index (χ1n) is 12.3. The lowest BCUT2D eigenvalue weighted by molar-refractivity contribution is 0.112. The quantitative estimate of drug-likeness (QED) is 0.306. The highest BCUT2D eigenvalue weighted by atomic mass is 32.1. The van der Waals surface area contributed by atoms with Gasteiger partial charge in [-0.2, -0.15) is 0 Å². The first-order chi connectivity index (χ1) is 17.7. The molecule has 0 unspecified atom stereocenters. The van der Waals surface area contributed by atoms with Gasteiger partial charge >= 0.3 is 0 Å². The second-order valence-corrected chi connectivity index (χ2v) is 10.4. The second-order valence-electron chi connectivity index (χ2n) is 9.36. The Morgan fingerprint density at radius 1 is 0.972 bits per heavy atom. The Morgan fingerprint density at radius 2 is 1.75 bits per heavy atom. The van der Waals surface area contributed by atoms with Crippen LogP contribution in [0.1, 0.15) is 47.0 Å². The van der Waals surface area contributed by atoms with Gasteiger partial charge in [-0.1, -0.05) is 12.1 Å².